The minimum Gasteiger partial charge on any atom is -0.490 e. The summed E-state index contributed by atoms with van der Waals surface area (Å²) in [5, 5.41) is 0. The normalized spacial score (nSPS) is 11.9. The lowest BCUT2D eigenvalue weighted by molar-refractivity contribution is -0.176. The molecule has 2 aromatic heterocycles. The summed E-state index contributed by atoms with van der Waals surface area (Å²) >= 11 is 0. The lowest BCUT2D eigenvalue weighted by Crippen LogP contribution is -2.34. The molecule has 0 spiro atoms. The number of nitrogens with zero attached hydrogens (tertiary/aromatic N) is 2. The highest BCUT2D eigenvalue weighted by atomic mass is 16.6. The van der Waals surface area contributed by atoms with Crippen molar-refractivity contribution in [3.63, 3.8) is 0 Å². The van der Waals surface area contributed by atoms with Crippen LogP contribution in [0.25, 0.3) is 22.3 Å². The van der Waals surface area contributed by atoms with E-state index < -0.39 is 24.1 Å². The van der Waals surface area contributed by atoms with Crippen molar-refractivity contribution in [1.82, 2.24) is 9.97 Å². The Kier molecular flexibility index (Phi) is 12.7. The number of carbonyl (C=O) groups excluding carboxylic acids is 2. The van der Waals surface area contributed by atoms with Crippen LogP contribution in [0.15, 0.2) is 158 Å². The zero-order valence-electron chi connectivity index (χ0n) is 28.8. The Morgan fingerprint density at radius 1 is 0.481 bits per heavy atom. The van der Waals surface area contributed by atoms with E-state index in [1.54, 1.807) is 24.8 Å². The Bertz CT molecular complexity index is 1850. The van der Waals surface area contributed by atoms with Crippen LogP contribution < -0.4 is 9.47 Å². The SMILES string of the molecule is O=C(OC(CCc1cccnc1)COc1cccc(-c2ccccc2)c1)C(=O)OC(CCc1cccnc1)COc1cccc(-c2ccccc2)c1. The second kappa shape index (κ2) is 18.6. The maximum absolute atomic E-state index is 13.3. The van der Waals surface area contributed by atoms with Gasteiger partial charge in [0.15, 0.2) is 0 Å². The van der Waals surface area contributed by atoms with Gasteiger partial charge in [-0.05, 0) is 95.5 Å². The van der Waals surface area contributed by atoms with E-state index in [1.165, 1.54) is 0 Å². The van der Waals surface area contributed by atoms with Gasteiger partial charge in [-0.3, -0.25) is 9.97 Å². The summed E-state index contributed by atoms with van der Waals surface area (Å²) in [7, 11) is 0. The molecule has 0 bridgehead atoms. The maximum atomic E-state index is 13.3. The highest BCUT2D eigenvalue weighted by molar-refractivity contribution is 6.29. The van der Waals surface area contributed by atoms with E-state index in [1.807, 2.05) is 133 Å². The molecule has 4 aromatic carbocycles. The number of hydrogen-bond donors (Lipinski definition) is 0. The van der Waals surface area contributed by atoms with Crippen molar-refractivity contribution in [2.45, 2.75) is 37.9 Å². The van der Waals surface area contributed by atoms with Gasteiger partial charge in [0, 0.05) is 24.8 Å². The standard InChI is InChI=1S/C44H40N2O6/c47-43(51-41(23-21-33-11-9-25-45-29-33)31-49-39-19-7-17-37(27-39)35-13-3-1-4-14-35)44(48)52-42(24-22-34-12-10-26-46-30-34)32-50-40-20-8-18-38(28-40)36-15-5-2-6-16-36/h1-20,25-30,41-42H,21-24,31-32H2. The van der Waals surface area contributed by atoms with Gasteiger partial charge in [-0.15, -0.1) is 0 Å². The molecule has 0 fully saturated rings. The van der Waals surface area contributed by atoms with Gasteiger partial charge < -0.3 is 18.9 Å². The van der Waals surface area contributed by atoms with Crippen molar-refractivity contribution in [2.75, 3.05) is 13.2 Å². The summed E-state index contributed by atoms with van der Waals surface area (Å²) in [6.07, 6.45) is 7.43. The fraction of sp³-hybridized carbons (Fsp3) is 0.182. The third kappa shape index (κ3) is 10.9. The Morgan fingerprint density at radius 2 is 0.904 bits per heavy atom. The molecule has 0 saturated heterocycles. The molecule has 0 radical (unpaired) electrons. The Labute approximate surface area is 304 Å². The predicted octanol–water partition coefficient (Wildman–Crippen LogP) is 8.36. The van der Waals surface area contributed by atoms with E-state index in [2.05, 4.69) is 9.97 Å². The first-order chi connectivity index (χ1) is 25.6. The van der Waals surface area contributed by atoms with Crippen LogP contribution in [0, 0.1) is 0 Å². The van der Waals surface area contributed by atoms with Crippen LogP contribution in [0.2, 0.25) is 0 Å². The number of rotatable bonds is 16. The summed E-state index contributed by atoms with van der Waals surface area (Å²) in [6.45, 7) is 0.0889. The van der Waals surface area contributed by atoms with Crippen molar-refractivity contribution in [3.05, 3.63) is 169 Å². The molecule has 2 heterocycles. The van der Waals surface area contributed by atoms with Crippen LogP contribution in [-0.2, 0) is 31.9 Å². The van der Waals surface area contributed by atoms with E-state index in [4.69, 9.17) is 18.9 Å². The fourth-order valence-corrected chi connectivity index (χ4v) is 5.67. The largest absolute Gasteiger partial charge is 0.490 e. The monoisotopic (exact) mass is 692 g/mol. The third-order valence-corrected chi connectivity index (χ3v) is 8.42. The van der Waals surface area contributed by atoms with Gasteiger partial charge in [0.2, 0.25) is 0 Å². The van der Waals surface area contributed by atoms with Gasteiger partial charge in [-0.1, -0.05) is 97.1 Å². The third-order valence-electron chi connectivity index (χ3n) is 8.42. The Balaban J connectivity index is 1.11. The minimum atomic E-state index is -1.09. The zero-order valence-corrected chi connectivity index (χ0v) is 28.8. The Hall–Kier alpha value is -6.28. The van der Waals surface area contributed by atoms with E-state index in [9.17, 15) is 9.59 Å². The lowest BCUT2D eigenvalue weighted by Gasteiger charge is -2.21. The minimum absolute atomic E-state index is 0.0445. The number of aromatic nitrogens is 2. The summed E-state index contributed by atoms with van der Waals surface area (Å²) in [5.41, 5.74) is 6.05. The molecule has 0 aliphatic heterocycles. The van der Waals surface area contributed by atoms with Gasteiger partial charge in [-0.2, -0.15) is 0 Å². The molecule has 8 heteroatoms. The number of ether oxygens (including phenoxy) is 4. The van der Waals surface area contributed by atoms with E-state index in [-0.39, 0.29) is 13.2 Å². The number of pyridine rings is 2. The van der Waals surface area contributed by atoms with Crippen LogP contribution in [0.3, 0.4) is 0 Å². The number of aryl methyl sites for hydroxylation is 2. The summed E-state index contributed by atoms with van der Waals surface area (Å²) in [6, 6.07) is 43.0. The molecule has 0 N–H and O–H groups in total. The van der Waals surface area contributed by atoms with Gasteiger partial charge in [0.05, 0.1) is 0 Å². The van der Waals surface area contributed by atoms with Crippen LogP contribution in [0.5, 0.6) is 11.5 Å². The quantitative estimate of drug-likeness (QED) is 0.0738. The van der Waals surface area contributed by atoms with Gasteiger partial charge in [-0.25, -0.2) is 9.59 Å². The number of esters is 2. The molecule has 0 amide bonds. The van der Waals surface area contributed by atoms with Crippen LogP contribution >= 0.6 is 0 Å². The first-order valence-electron chi connectivity index (χ1n) is 17.3. The first kappa shape index (κ1) is 35.5. The van der Waals surface area contributed by atoms with Crippen molar-refractivity contribution in [3.8, 4) is 33.8 Å². The topological polar surface area (TPSA) is 96.8 Å². The Morgan fingerprint density at radius 3 is 1.31 bits per heavy atom. The smallest absolute Gasteiger partial charge is 0.417 e. The second-order valence-electron chi connectivity index (χ2n) is 12.3. The predicted molar refractivity (Wildman–Crippen MR) is 200 cm³/mol. The molecule has 0 aliphatic carbocycles. The second-order valence-corrected chi connectivity index (χ2v) is 12.3. The summed E-state index contributed by atoms with van der Waals surface area (Å²) in [4.78, 5) is 34.9. The van der Waals surface area contributed by atoms with Crippen LogP contribution in [0.1, 0.15) is 24.0 Å². The van der Waals surface area contributed by atoms with Gasteiger partial charge in [0.1, 0.15) is 36.9 Å². The molecule has 0 saturated carbocycles. The molecule has 2 atom stereocenters. The maximum Gasteiger partial charge on any atom is 0.417 e. The number of hydrogen-bond acceptors (Lipinski definition) is 8. The average Bonchev–Trinajstić information content (AvgIpc) is 3.21. The van der Waals surface area contributed by atoms with Gasteiger partial charge in [0.25, 0.3) is 0 Å². The van der Waals surface area contributed by atoms with Crippen molar-refractivity contribution < 1.29 is 28.5 Å². The van der Waals surface area contributed by atoms with Crippen molar-refractivity contribution in [2.24, 2.45) is 0 Å². The average molecular weight is 693 g/mol. The molecule has 6 rings (SSSR count). The zero-order chi connectivity index (χ0) is 35.8. The molecule has 52 heavy (non-hydrogen) atoms. The highest BCUT2D eigenvalue weighted by Crippen LogP contribution is 2.25. The highest BCUT2D eigenvalue weighted by Gasteiger charge is 2.27. The summed E-state index contributed by atoms with van der Waals surface area (Å²) < 4.78 is 23.8. The molecule has 0 aliphatic rings. The lowest BCUT2D eigenvalue weighted by atomic mass is 10.1. The molecular formula is C44H40N2O6. The fourth-order valence-electron chi connectivity index (χ4n) is 5.67. The van der Waals surface area contributed by atoms with E-state index in [0.717, 1.165) is 33.4 Å². The van der Waals surface area contributed by atoms with Crippen LogP contribution in [-0.4, -0.2) is 47.3 Å². The first-order valence-corrected chi connectivity index (χ1v) is 17.3. The number of benzene rings is 4. The van der Waals surface area contributed by atoms with E-state index in [0.29, 0.717) is 37.2 Å². The summed E-state index contributed by atoms with van der Waals surface area (Å²) in [5.74, 6) is -0.934. The molecule has 2 unspecified atom stereocenters. The van der Waals surface area contributed by atoms with E-state index >= 15 is 0 Å². The molecule has 6 aromatic rings. The molecular weight excluding hydrogens is 652 g/mol. The van der Waals surface area contributed by atoms with Crippen LogP contribution in [0.4, 0.5) is 0 Å². The number of carbonyl (C=O) groups is 2. The van der Waals surface area contributed by atoms with Gasteiger partial charge >= 0.3 is 11.9 Å². The molecule has 262 valence electrons. The van der Waals surface area contributed by atoms with Crippen molar-refractivity contribution in [1.29, 1.82) is 0 Å². The molecule has 8 nitrogen and oxygen atoms in total. The van der Waals surface area contributed by atoms with Crippen molar-refractivity contribution >= 4 is 11.9 Å².